The Labute approximate surface area is 366 Å². The van der Waals surface area contributed by atoms with Gasteiger partial charge in [-0.25, -0.2) is 9.36 Å². The van der Waals surface area contributed by atoms with Gasteiger partial charge in [0.1, 0.15) is 12.7 Å². The number of carboxylic acids is 1. The molecule has 4 N–H and O–H groups in total. The number of aliphatic carboxylic acids is 1. The highest BCUT2D eigenvalue weighted by molar-refractivity contribution is 7.47. The number of unbranched alkanes of at least 4 members (excludes halogenated alkanes) is 28. The Morgan fingerprint density at radius 1 is 0.517 bits per heavy atom. The molecule has 0 aliphatic rings. The number of carbonyl (C=O) groups is 3. The lowest BCUT2D eigenvalue weighted by atomic mass is 10.1. The van der Waals surface area contributed by atoms with Gasteiger partial charge in [-0.3, -0.25) is 18.6 Å². The maximum atomic E-state index is 12.3. The standard InChI is InChI=1S/C48H90NO10P/c1-3-5-7-9-11-13-15-17-19-21-22-24-26-28-30-32-34-36-38-40-47(52)57-41-44(50)42-58-60(55,56)59-43-45(48(53)54)49-46(51)39-37-35-33-31-29-27-25-23-20-18-16-14-12-10-8-6-4-2/h17-20,44-45,50H,3-16,21-43H2,1-2H3,(H,49,51)(H,53,54)(H,55,56)/b19-17+,20-18-. The van der Waals surface area contributed by atoms with Crippen LogP contribution in [0.25, 0.3) is 0 Å². The minimum Gasteiger partial charge on any atom is -0.480 e. The SMILES string of the molecule is CCCCCCCC/C=C\CCCCCCCCCC(=O)NC(COP(=O)(O)OCC(O)COC(=O)CCCCCCCCCCC/C=C/CCCCCCCC)C(=O)O. The minimum atomic E-state index is -4.76. The minimum absolute atomic E-state index is 0.142. The van der Waals surface area contributed by atoms with Crippen LogP contribution in [0.1, 0.15) is 232 Å². The number of esters is 1. The number of hydrogen-bond acceptors (Lipinski definition) is 8. The van der Waals surface area contributed by atoms with Crippen molar-refractivity contribution in [3.8, 4) is 0 Å². The van der Waals surface area contributed by atoms with Crippen LogP contribution in [0.15, 0.2) is 24.3 Å². The van der Waals surface area contributed by atoms with Gasteiger partial charge in [-0.05, 0) is 64.2 Å². The van der Waals surface area contributed by atoms with Crippen LogP contribution in [-0.4, -0.2) is 64.9 Å². The molecule has 60 heavy (non-hydrogen) atoms. The molecular formula is C48H90NO10P. The summed E-state index contributed by atoms with van der Waals surface area (Å²) < 4.78 is 26.9. The second-order valence-corrected chi connectivity index (χ2v) is 18.1. The molecule has 0 aliphatic heterocycles. The molecule has 1 amide bonds. The largest absolute Gasteiger partial charge is 0.480 e. The smallest absolute Gasteiger partial charge is 0.472 e. The number of rotatable bonds is 46. The van der Waals surface area contributed by atoms with Crippen LogP contribution in [0.4, 0.5) is 0 Å². The van der Waals surface area contributed by atoms with Gasteiger partial charge in [0.05, 0.1) is 13.2 Å². The molecule has 0 heterocycles. The van der Waals surface area contributed by atoms with Crippen molar-refractivity contribution in [2.75, 3.05) is 19.8 Å². The van der Waals surface area contributed by atoms with Crippen molar-refractivity contribution in [2.45, 2.75) is 244 Å². The van der Waals surface area contributed by atoms with Crippen LogP contribution >= 0.6 is 7.82 Å². The summed E-state index contributed by atoms with van der Waals surface area (Å²) in [6.07, 6.45) is 46.2. The van der Waals surface area contributed by atoms with E-state index in [-0.39, 0.29) is 12.8 Å². The van der Waals surface area contributed by atoms with Gasteiger partial charge < -0.3 is 25.2 Å². The van der Waals surface area contributed by atoms with Gasteiger partial charge in [-0.1, -0.05) is 179 Å². The molecule has 352 valence electrons. The number of aliphatic hydroxyl groups is 1. The van der Waals surface area contributed by atoms with E-state index in [0.717, 1.165) is 51.4 Å². The second kappa shape index (κ2) is 43.6. The maximum absolute atomic E-state index is 12.3. The summed E-state index contributed by atoms with van der Waals surface area (Å²) in [4.78, 5) is 46.0. The molecule has 0 aromatic heterocycles. The number of amides is 1. The van der Waals surface area contributed by atoms with E-state index < -0.39 is 57.6 Å². The van der Waals surface area contributed by atoms with E-state index in [1.807, 2.05) is 0 Å². The zero-order valence-electron chi connectivity index (χ0n) is 38.3. The highest BCUT2D eigenvalue weighted by Crippen LogP contribution is 2.43. The lowest BCUT2D eigenvalue weighted by molar-refractivity contribution is -0.147. The van der Waals surface area contributed by atoms with Gasteiger partial charge in [0.15, 0.2) is 6.04 Å². The van der Waals surface area contributed by atoms with Crippen molar-refractivity contribution in [3.05, 3.63) is 24.3 Å². The molecule has 0 aromatic carbocycles. The first-order valence-corrected chi connectivity index (χ1v) is 25.9. The number of carboxylic acid groups (broad SMARTS) is 1. The number of nitrogens with one attached hydrogen (secondary N) is 1. The van der Waals surface area contributed by atoms with Crippen molar-refractivity contribution in [1.82, 2.24) is 5.32 Å². The van der Waals surface area contributed by atoms with E-state index in [1.54, 1.807) is 0 Å². The van der Waals surface area contributed by atoms with Gasteiger partial charge >= 0.3 is 19.8 Å². The first kappa shape index (κ1) is 58.0. The van der Waals surface area contributed by atoms with Crippen molar-refractivity contribution >= 4 is 25.7 Å². The van der Waals surface area contributed by atoms with Crippen molar-refractivity contribution < 1.29 is 47.8 Å². The second-order valence-electron chi connectivity index (χ2n) is 16.6. The highest BCUT2D eigenvalue weighted by atomic mass is 31.2. The molecule has 0 spiro atoms. The van der Waals surface area contributed by atoms with E-state index in [1.165, 1.54) is 141 Å². The molecule has 12 heteroatoms. The molecule has 0 saturated carbocycles. The maximum Gasteiger partial charge on any atom is 0.472 e. The zero-order chi connectivity index (χ0) is 44.2. The molecule has 0 fully saturated rings. The normalized spacial score (nSPS) is 13.8. The van der Waals surface area contributed by atoms with Gasteiger partial charge in [0.2, 0.25) is 5.91 Å². The van der Waals surface area contributed by atoms with E-state index in [9.17, 15) is 34.1 Å². The van der Waals surface area contributed by atoms with Gasteiger partial charge in [0.25, 0.3) is 0 Å². The van der Waals surface area contributed by atoms with Crippen molar-refractivity contribution in [2.24, 2.45) is 0 Å². The summed E-state index contributed by atoms with van der Waals surface area (Å²) in [6, 6.07) is -1.55. The van der Waals surface area contributed by atoms with E-state index in [2.05, 4.69) is 43.5 Å². The number of allylic oxidation sites excluding steroid dienone is 4. The number of ether oxygens (including phenoxy) is 1. The summed E-state index contributed by atoms with van der Waals surface area (Å²) in [7, 11) is -4.76. The van der Waals surface area contributed by atoms with E-state index >= 15 is 0 Å². The van der Waals surface area contributed by atoms with Crippen LogP contribution in [0, 0.1) is 0 Å². The molecular weight excluding hydrogens is 781 g/mol. The van der Waals surface area contributed by atoms with Crippen molar-refractivity contribution in [1.29, 1.82) is 0 Å². The van der Waals surface area contributed by atoms with Crippen molar-refractivity contribution in [3.63, 3.8) is 0 Å². The molecule has 0 aliphatic carbocycles. The molecule has 0 bridgehead atoms. The monoisotopic (exact) mass is 872 g/mol. The Bertz CT molecular complexity index is 1120. The third-order valence-corrected chi connectivity index (χ3v) is 11.7. The van der Waals surface area contributed by atoms with E-state index in [4.69, 9.17) is 13.8 Å². The van der Waals surface area contributed by atoms with Crippen LogP contribution < -0.4 is 5.32 Å². The first-order valence-electron chi connectivity index (χ1n) is 24.4. The Morgan fingerprint density at radius 2 is 0.867 bits per heavy atom. The summed E-state index contributed by atoms with van der Waals surface area (Å²) in [6.45, 7) is 2.61. The zero-order valence-corrected chi connectivity index (χ0v) is 39.2. The first-order chi connectivity index (χ1) is 29.1. The lowest BCUT2D eigenvalue weighted by Crippen LogP contribution is -2.43. The molecule has 0 aromatic rings. The summed E-state index contributed by atoms with van der Waals surface area (Å²) in [5.41, 5.74) is 0. The van der Waals surface area contributed by atoms with Crippen LogP contribution in [0.3, 0.4) is 0 Å². The number of aliphatic hydroxyl groups excluding tert-OH is 1. The average molecular weight is 872 g/mol. The van der Waals surface area contributed by atoms with Gasteiger partial charge in [-0.15, -0.1) is 0 Å². The fourth-order valence-electron chi connectivity index (χ4n) is 6.89. The van der Waals surface area contributed by atoms with Crippen LogP contribution in [0.5, 0.6) is 0 Å². The number of hydrogen-bond donors (Lipinski definition) is 4. The Balaban J connectivity index is 3.84. The third-order valence-electron chi connectivity index (χ3n) is 10.7. The summed E-state index contributed by atoms with van der Waals surface area (Å²) >= 11 is 0. The Hall–Kier alpha value is -2.04. The number of carbonyl (C=O) groups excluding carboxylic acids is 2. The molecule has 11 nitrogen and oxygen atoms in total. The van der Waals surface area contributed by atoms with Gasteiger partial charge in [0, 0.05) is 12.8 Å². The summed E-state index contributed by atoms with van der Waals surface area (Å²) in [5.74, 6) is -2.37. The predicted molar refractivity (Wildman–Crippen MR) is 245 cm³/mol. The molecule has 3 atom stereocenters. The molecule has 3 unspecified atom stereocenters. The molecule has 0 rings (SSSR count). The highest BCUT2D eigenvalue weighted by Gasteiger charge is 2.28. The Kier molecular flexibility index (Phi) is 42.1. The predicted octanol–water partition coefficient (Wildman–Crippen LogP) is 13.0. The Morgan fingerprint density at radius 3 is 1.27 bits per heavy atom. The molecule has 0 radical (unpaired) electrons. The number of phosphoric ester groups is 1. The third kappa shape index (κ3) is 42.6. The fourth-order valence-corrected chi connectivity index (χ4v) is 7.67. The number of phosphoric acid groups is 1. The molecule has 0 saturated heterocycles. The van der Waals surface area contributed by atoms with Gasteiger partial charge in [-0.2, -0.15) is 0 Å². The van der Waals surface area contributed by atoms with E-state index in [0.29, 0.717) is 12.8 Å². The van der Waals surface area contributed by atoms with Crippen LogP contribution in [-0.2, 0) is 32.7 Å². The average Bonchev–Trinajstić information content (AvgIpc) is 3.22. The quantitative estimate of drug-likeness (QED) is 0.0200. The summed E-state index contributed by atoms with van der Waals surface area (Å²) in [5, 5.41) is 21.9. The lowest BCUT2D eigenvalue weighted by Gasteiger charge is -2.18. The van der Waals surface area contributed by atoms with Crippen LogP contribution in [0.2, 0.25) is 0 Å². The fraction of sp³-hybridized carbons (Fsp3) is 0.854. The topological polar surface area (TPSA) is 169 Å².